The molecule has 0 unspecified atom stereocenters. The first-order valence-corrected chi connectivity index (χ1v) is 5.67. The van der Waals surface area contributed by atoms with Gasteiger partial charge in [0.1, 0.15) is 5.52 Å². The number of fused-ring (bicyclic) bond motifs is 1. The van der Waals surface area contributed by atoms with Crippen LogP contribution in [0.25, 0.3) is 16.0 Å². The molecule has 92 valence electrons. The van der Waals surface area contributed by atoms with Crippen molar-refractivity contribution in [3.8, 4) is 0 Å². The lowest BCUT2D eigenvalue weighted by molar-refractivity contribution is 0.784. The van der Waals surface area contributed by atoms with Crippen LogP contribution in [-0.2, 0) is 6.54 Å². The fourth-order valence-corrected chi connectivity index (χ4v) is 1.91. The predicted molar refractivity (Wildman–Crippen MR) is 69.5 cm³/mol. The van der Waals surface area contributed by atoms with Crippen molar-refractivity contribution in [2.24, 2.45) is 0 Å². The van der Waals surface area contributed by atoms with Crippen LogP contribution in [0.2, 0.25) is 0 Å². The number of benzene rings is 1. The summed E-state index contributed by atoms with van der Waals surface area (Å²) >= 11 is 0. The molecule has 0 fully saturated rings. The molecule has 6 heteroatoms. The molecule has 2 N–H and O–H groups in total. The second-order valence-corrected chi connectivity index (χ2v) is 4.10. The van der Waals surface area contributed by atoms with Crippen LogP contribution in [0.1, 0.15) is 5.56 Å². The smallest absolute Gasteiger partial charge is 0.187 e. The molecule has 2 aromatic heterocycles. The third-order valence-corrected chi connectivity index (χ3v) is 2.87. The highest BCUT2D eigenvalue weighted by molar-refractivity contribution is 5.68. The van der Waals surface area contributed by atoms with Crippen molar-refractivity contribution in [1.82, 2.24) is 19.5 Å². The molecule has 3 aromatic rings. The SMILES string of the molecule is [C-]#[N+]c1ccc(Cn2cnc(=N)c3[nH]cnc32)cc1. The van der Waals surface area contributed by atoms with Gasteiger partial charge in [-0.15, -0.1) is 0 Å². The third-order valence-electron chi connectivity index (χ3n) is 2.87. The van der Waals surface area contributed by atoms with E-state index in [9.17, 15) is 0 Å². The zero-order chi connectivity index (χ0) is 13.2. The lowest BCUT2D eigenvalue weighted by Crippen LogP contribution is -2.13. The molecule has 0 saturated carbocycles. The number of nitrogens with zero attached hydrogens (tertiary/aromatic N) is 4. The molecular formula is C13H10N6. The minimum Gasteiger partial charge on any atom is -0.340 e. The first-order chi connectivity index (χ1) is 9.28. The van der Waals surface area contributed by atoms with Crippen molar-refractivity contribution in [3.63, 3.8) is 0 Å². The standard InChI is InChI=1S/C13H10N6/c1-15-10-4-2-9(3-5-10)6-19-8-18-12(14)11-13(19)17-7-16-11/h2-5,7-8,14H,6H2,(H,16,17). The van der Waals surface area contributed by atoms with E-state index >= 15 is 0 Å². The molecule has 0 aliphatic rings. The van der Waals surface area contributed by atoms with Crippen LogP contribution in [0.4, 0.5) is 5.69 Å². The second-order valence-electron chi connectivity index (χ2n) is 4.10. The maximum absolute atomic E-state index is 7.68. The van der Waals surface area contributed by atoms with Gasteiger partial charge in [0.2, 0.25) is 0 Å². The summed E-state index contributed by atoms with van der Waals surface area (Å²) in [7, 11) is 0. The Morgan fingerprint density at radius 3 is 2.79 bits per heavy atom. The van der Waals surface area contributed by atoms with Crippen molar-refractivity contribution in [2.75, 3.05) is 0 Å². The van der Waals surface area contributed by atoms with Gasteiger partial charge in [0.05, 0.1) is 25.8 Å². The highest BCUT2D eigenvalue weighted by atomic mass is 15.1. The number of aromatic nitrogens is 4. The minimum absolute atomic E-state index is 0.187. The fraction of sp³-hybridized carbons (Fsp3) is 0.0769. The van der Waals surface area contributed by atoms with Crippen molar-refractivity contribution in [3.05, 3.63) is 59.4 Å². The summed E-state index contributed by atoms with van der Waals surface area (Å²) < 4.78 is 1.87. The molecule has 0 aliphatic carbocycles. The van der Waals surface area contributed by atoms with Crippen molar-refractivity contribution in [1.29, 1.82) is 5.41 Å². The zero-order valence-corrected chi connectivity index (χ0v) is 9.96. The van der Waals surface area contributed by atoms with E-state index in [1.807, 2.05) is 16.7 Å². The third kappa shape index (κ3) is 1.98. The Labute approximate surface area is 108 Å². The van der Waals surface area contributed by atoms with Crippen LogP contribution in [0, 0.1) is 12.0 Å². The average molecular weight is 250 g/mol. The van der Waals surface area contributed by atoms with Gasteiger partial charge in [0.25, 0.3) is 0 Å². The fourth-order valence-electron chi connectivity index (χ4n) is 1.91. The Morgan fingerprint density at radius 1 is 1.26 bits per heavy atom. The van der Waals surface area contributed by atoms with E-state index in [0.29, 0.717) is 23.4 Å². The quantitative estimate of drug-likeness (QED) is 0.681. The summed E-state index contributed by atoms with van der Waals surface area (Å²) in [6, 6.07) is 7.40. The van der Waals surface area contributed by atoms with Gasteiger partial charge < -0.3 is 9.55 Å². The number of hydrogen-bond acceptors (Lipinski definition) is 3. The Bertz CT molecular complexity index is 819. The maximum Gasteiger partial charge on any atom is 0.187 e. The molecule has 19 heavy (non-hydrogen) atoms. The largest absolute Gasteiger partial charge is 0.340 e. The number of hydrogen-bond donors (Lipinski definition) is 2. The van der Waals surface area contributed by atoms with E-state index in [1.54, 1.807) is 24.8 Å². The average Bonchev–Trinajstić information content (AvgIpc) is 2.93. The first-order valence-electron chi connectivity index (χ1n) is 5.67. The molecule has 0 amide bonds. The molecule has 6 nitrogen and oxygen atoms in total. The van der Waals surface area contributed by atoms with Gasteiger partial charge in [0, 0.05) is 0 Å². The molecule has 0 bridgehead atoms. The number of nitrogens with one attached hydrogen (secondary N) is 2. The first kappa shape index (κ1) is 11.2. The van der Waals surface area contributed by atoms with Gasteiger partial charge in [-0.25, -0.2) is 14.8 Å². The summed E-state index contributed by atoms with van der Waals surface area (Å²) in [6.45, 7) is 7.52. The zero-order valence-electron chi connectivity index (χ0n) is 9.96. The van der Waals surface area contributed by atoms with E-state index in [1.165, 1.54) is 0 Å². The van der Waals surface area contributed by atoms with Crippen molar-refractivity contribution < 1.29 is 0 Å². The normalized spacial score (nSPS) is 10.5. The van der Waals surface area contributed by atoms with Crippen LogP contribution in [0.5, 0.6) is 0 Å². The topological polar surface area (TPSA) is 74.7 Å². The van der Waals surface area contributed by atoms with Crippen molar-refractivity contribution >= 4 is 16.9 Å². The molecule has 1 aromatic carbocycles. The lowest BCUT2D eigenvalue weighted by atomic mass is 10.2. The molecule has 3 rings (SSSR count). The van der Waals surface area contributed by atoms with Gasteiger partial charge in [-0.2, -0.15) is 0 Å². The summed E-state index contributed by atoms with van der Waals surface area (Å²) in [5.74, 6) is 0. The number of rotatable bonds is 2. The van der Waals surface area contributed by atoms with Gasteiger partial charge >= 0.3 is 0 Å². The Balaban J connectivity index is 2.01. The number of aromatic amines is 1. The molecule has 2 heterocycles. The molecule has 0 atom stereocenters. The van der Waals surface area contributed by atoms with E-state index in [2.05, 4.69) is 19.8 Å². The van der Waals surface area contributed by atoms with Gasteiger partial charge in [-0.05, 0) is 5.56 Å². The van der Waals surface area contributed by atoms with E-state index in [4.69, 9.17) is 12.0 Å². The molecule has 0 saturated heterocycles. The Morgan fingerprint density at radius 2 is 2.05 bits per heavy atom. The monoisotopic (exact) mass is 250 g/mol. The summed E-state index contributed by atoms with van der Waals surface area (Å²) in [5.41, 5.74) is 3.20. The summed E-state index contributed by atoms with van der Waals surface area (Å²) in [4.78, 5) is 14.5. The number of imidazole rings is 1. The van der Waals surface area contributed by atoms with Crippen LogP contribution < -0.4 is 5.49 Å². The van der Waals surface area contributed by atoms with Gasteiger partial charge in [-0.3, -0.25) is 5.41 Å². The molecule has 0 spiro atoms. The minimum atomic E-state index is 0.187. The van der Waals surface area contributed by atoms with Crippen LogP contribution in [-0.4, -0.2) is 19.5 Å². The molecule has 0 aliphatic heterocycles. The summed E-state index contributed by atoms with van der Waals surface area (Å²) in [6.07, 6.45) is 3.16. The van der Waals surface area contributed by atoms with Crippen LogP contribution >= 0.6 is 0 Å². The molecule has 0 radical (unpaired) electrons. The van der Waals surface area contributed by atoms with Crippen LogP contribution in [0.3, 0.4) is 0 Å². The highest BCUT2D eigenvalue weighted by Gasteiger charge is 2.04. The van der Waals surface area contributed by atoms with E-state index in [0.717, 1.165) is 5.56 Å². The second kappa shape index (κ2) is 4.38. The summed E-state index contributed by atoms with van der Waals surface area (Å²) in [5, 5.41) is 7.68. The predicted octanol–water partition coefficient (Wildman–Crippen LogP) is 1.84. The Kier molecular flexibility index (Phi) is 2.58. The van der Waals surface area contributed by atoms with Crippen LogP contribution in [0.15, 0.2) is 36.9 Å². The van der Waals surface area contributed by atoms with Crippen molar-refractivity contribution in [2.45, 2.75) is 6.54 Å². The van der Waals surface area contributed by atoms with E-state index < -0.39 is 0 Å². The number of H-pyrrole nitrogens is 1. The van der Waals surface area contributed by atoms with Gasteiger partial charge in [-0.1, -0.05) is 24.3 Å². The molecular weight excluding hydrogens is 240 g/mol. The Hall–Kier alpha value is -2.94. The lowest BCUT2D eigenvalue weighted by Gasteiger charge is -2.07. The van der Waals surface area contributed by atoms with E-state index in [-0.39, 0.29) is 5.49 Å². The highest BCUT2D eigenvalue weighted by Crippen LogP contribution is 2.14. The maximum atomic E-state index is 7.68. The van der Waals surface area contributed by atoms with Gasteiger partial charge in [0.15, 0.2) is 16.8 Å².